The Labute approximate surface area is 99.9 Å². The number of hydrogen-bond acceptors (Lipinski definition) is 4. The average molecular weight is 242 g/mol. The summed E-state index contributed by atoms with van der Waals surface area (Å²) in [5, 5.41) is 11.6. The van der Waals surface area contributed by atoms with E-state index in [-0.39, 0.29) is 6.42 Å². The first-order chi connectivity index (χ1) is 7.49. The minimum Gasteiger partial charge on any atom is -0.481 e. The van der Waals surface area contributed by atoms with Crippen LogP contribution in [0.4, 0.5) is 5.13 Å². The molecule has 90 valence electrons. The van der Waals surface area contributed by atoms with E-state index in [1.54, 1.807) is 11.3 Å². The van der Waals surface area contributed by atoms with E-state index in [1.807, 2.05) is 12.3 Å². The highest BCUT2D eigenvalue weighted by Gasteiger charge is 2.13. The van der Waals surface area contributed by atoms with E-state index in [0.29, 0.717) is 12.5 Å². The van der Waals surface area contributed by atoms with Gasteiger partial charge in [-0.3, -0.25) is 4.79 Å². The monoisotopic (exact) mass is 242 g/mol. The zero-order valence-electron chi connectivity index (χ0n) is 9.93. The highest BCUT2D eigenvalue weighted by molar-refractivity contribution is 7.13. The Bertz CT molecular complexity index is 350. The first-order valence-electron chi connectivity index (χ1n) is 5.38. The summed E-state index contributed by atoms with van der Waals surface area (Å²) in [6.07, 6.45) is 0.158. The number of hydrogen-bond donors (Lipinski definition) is 1. The molecule has 1 aromatic rings. The molecule has 1 aromatic heterocycles. The Morgan fingerprint density at radius 1 is 1.62 bits per heavy atom. The molecule has 0 atom stereocenters. The second-order valence-electron chi connectivity index (χ2n) is 4.26. The lowest BCUT2D eigenvalue weighted by molar-refractivity contribution is -0.136. The molecule has 0 aliphatic rings. The van der Waals surface area contributed by atoms with Crippen molar-refractivity contribution in [3.63, 3.8) is 0 Å². The molecule has 0 spiro atoms. The van der Waals surface area contributed by atoms with Gasteiger partial charge in [0.15, 0.2) is 5.13 Å². The van der Waals surface area contributed by atoms with Gasteiger partial charge in [-0.15, -0.1) is 11.3 Å². The highest BCUT2D eigenvalue weighted by Crippen LogP contribution is 2.21. The molecule has 0 aliphatic carbocycles. The normalized spacial score (nSPS) is 10.8. The Hall–Kier alpha value is -1.10. The molecule has 16 heavy (non-hydrogen) atoms. The minimum absolute atomic E-state index is 0.158. The van der Waals surface area contributed by atoms with Gasteiger partial charge in [-0.1, -0.05) is 13.8 Å². The third-order valence-corrected chi connectivity index (χ3v) is 3.08. The van der Waals surface area contributed by atoms with Gasteiger partial charge >= 0.3 is 5.97 Å². The summed E-state index contributed by atoms with van der Waals surface area (Å²) in [7, 11) is 0. The molecule has 1 rings (SSSR count). The zero-order chi connectivity index (χ0) is 12.1. The van der Waals surface area contributed by atoms with Crippen LogP contribution in [0, 0.1) is 12.8 Å². The minimum atomic E-state index is -0.762. The lowest BCUT2D eigenvalue weighted by atomic mass is 10.2. The molecular formula is C11H18N2O2S. The number of carbonyl (C=O) groups is 1. The molecular weight excluding hydrogens is 224 g/mol. The number of carboxylic acid groups (broad SMARTS) is 1. The number of carboxylic acids is 1. The van der Waals surface area contributed by atoms with E-state index >= 15 is 0 Å². The molecule has 0 amide bonds. The summed E-state index contributed by atoms with van der Waals surface area (Å²) in [6, 6.07) is 0. The number of rotatable bonds is 6. The van der Waals surface area contributed by atoms with Gasteiger partial charge < -0.3 is 10.0 Å². The first kappa shape index (κ1) is 13.0. The van der Waals surface area contributed by atoms with Crippen molar-refractivity contribution in [3.05, 3.63) is 11.1 Å². The van der Waals surface area contributed by atoms with Gasteiger partial charge in [0.2, 0.25) is 0 Å². The summed E-state index contributed by atoms with van der Waals surface area (Å²) in [5.41, 5.74) is 0.990. The van der Waals surface area contributed by atoms with Crippen LogP contribution < -0.4 is 4.90 Å². The fraction of sp³-hybridized carbons (Fsp3) is 0.636. The second-order valence-corrected chi connectivity index (χ2v) is 5.09. The Kier molecular flexibility index (Phi) is 4.73. The Morgan fingerprint density at radius 2 is 2.31 bits per heavy atom. The number of aliphatic carboxylic acids is 1. The van der Waals surface area contributed by atoms with Gasteiger partial charge in [-0.2, -0.15) is 0 Å². The van der Waals surface area contributed by atoms with Crippen LogP contribution in [0.3, 0.4) is 0 Å². The summed E-state index contributed by atoms with van der Waals surface area (Å²) >= 11 is 1.57. The van der Waals surface area contributed by atoms with Gasteiger partial charge in [0, 0.05) is 18.5 Å². The Morgan fingerprint density at radius 3 is 2.75 bits per heavy atom. The summed E-state index contributed by atoms with van der Waals surface area (Å²) in [4.78, 5) is 17.0. The number of aryl methyl sites for hydroxylation is 1. The predicted octanol–water partition coefficient (Wildman–Crippen LogP) is 2.39. The van der Waals surface area contributed by atoms with Crippen LogP contribution in [0.15, 0.2) is 5.38 Å². The highest BCUT2D eigenvalue weighted by atomic mass is 32.1. The van der Waals surface area contributed by atoms with Crippen LogP contribution in [0.1, 0.15) is 26.0 Å². The molecule has 0 aliphatic heterocycles. The molecule has 0 radical (unpaired) electrons. The van der Waals surface area contributed by atoms with Gasteiger partial charge in [0.1, 0.15) is 0 Å². The lowest BCUT2D eigenvalue weighted by Gasteiger charge is -2.22. The van der Waals surface area contributed by atoms with Crippen molar-refractivity contribution in [2.24, 2.45) is 5.92 Å². The molecule has 0 aromatic carbocycles. The van der Waals surface area contributed by atoms with E-state index in [9.17, 15) is 4.79 Å². The van der Waals surface area contributed by atoms with E-state index in [2.05, 4.69) is 23.7 Å². The predicted molar refractivity (Wildman–Crippen MR) is 66.2 cm³/mol. The van der Waals surface area contributed by atoms with Crippen LogP contribution in [-0.4, -0.2) is 29.1 Å². The largest absolute Gasteiger partial charge is 0.481 e. The zero-order valence-corrected chi connectivity index (χ0v) is 10.8. The van der Waals surface area contributed by atoms with Crippen molar-refractivity contribution in [2.75, 3.05) is 18.0 Å². The number of anilines is 1. The summed E-state index contributed by atoms with van der Waals surface area (Å²) < 4.78 is 0. The number of thiazole rings is 1. The molecule has 1 heterocycles. The Balaban J connectivity index is 2.66. The maximum Gasteiger partial charge on any atom is 0.305 e. The van der Waals surface area contributed by atoms with Gasteiger partial charge in [0.25, 0.3) is 0 Å². The lowest BCUT2D eigenvalue weighted by Crippen LogP contribution is -2.29. The molecule has 1 N–H and O–H groups in total. The van der Waals surface area contributed by atoms with Crippen molar-refractivity contribution >= 4 is 22.4 Å². The van der Waals surface area contributed by atoms with Gasteiger partial charge in [-0.05, 0) is 12.8 Å². The standard InChI is InChI=1S/C11H18N2O2S/c1-8(2)6-13(5-4-10(14)15)11-12-9(3)7-16-11/h7-8H,4-6H2,1-3H3,(H,14,15). The molecule has 0 fully saturated rings. The van der Waals surface area contributed by atoms with Crippen molar-refractivity contribution < 1.29 is 9.90 Å². The van der Waals surface area contributed by atoms with Crippen LogP contribution in [0.2, 0.25) is 0 Å². The van der Waals surface area contributed by atoms with E-state index in [0.717, 1.165) is 17.4 Å². The smallest absolute Gasteiger partial charge is 0.305 e. The fourth-order valence-corrected chi connectivity index (χ4v) is 2.26. The third-order valence-electron chi connectivity index (χ3n) is 2.06. The summed E-state index contributed by atoms with van der Waals surface area (Å²) in [6.45, 7) is 7.56. The first-order valence-corrected chi connectivity index (χ1v) is 6.26. The maximum atomic E-state index is 10.6. The molecule has 4 nitrogen and oxygen atoms in total. The molecule has 0 unspecified atom stereocenters. The molecule has 5 heteroatoms. The van der Waals surface area contributed by atoms with Gasteiger partial charge in [-0.25, -0.2) is 4.98 Å². The number of aromatic nitrogens is 1. The van der Waals surface area contributed by atoms with Crippen LogP contribution in [0.25, 0.3) is 0 Å². The second kappa shape index (κ2) is 5.84. The van der Waals surface area contributed by atoms with Crippen molar-refractivity contribution in [1.82, 2.24) is 4.98 Å². The molecule has 0 saturated carbocycles. The van der Waals surface area contributed by atoms with Crippen molar-refractivity contribution in [1.29, 1.82) is 0 Å². The topological polar surface area (TPSA) is 53.4 Å². The van der Waals surface area contributed by atoms with E-state index in [1.165, 1.54) is 0 Å². The number of nitrogens with zero attached hydrogens (tertiary/aromatic N) is 2. The van der Waals surface area contributed by atoms with Crippen LogP contribution in [-0.2, 0) is 4.79 Å². The quantitative estimate of drug-likeness (QED) is 0.832. The average Bonchev–Trinajstić information content (AvgIpc) is 2.58. The van der Waals surface area contributed by atoms with Gasteiger partial charge in [0.05, 0.1) is 12.1 Å². The SMILES string of the molecule is Cc1csc(N(CCC(=O)O)CC(C)C)n1. The van der Waals surface area contributed by atoms with Crippen LogP contribution in [0.5, 0.6) is 0 Å². The maximum absolute atomic E-state index is 10.6. The molecule has 0 saturated heterocycles. The van der Waals surface area contributed by atoms with Crippen LogP contribution >= 0.6 is 11.3 Å². The van der Waals surface area contributed by atoms with Crippen molar-refractivity contribution in [2.45, 2.75) is 27.2 Å². The molecule has 0 bridgehead atoms. The van der Waals surface area contributed by atoms with Crippen molar-refractivity contribution in [3.8, 4) is 0 Å². The van der Waals surface area contributed by atoms with E-state index < -0.39 is 5.97 Å². The summed E-state index contributed by atoms with van der Waals surface area (Å²) in [5.74, 6) is -0.264. The third kappa shape index (κ3) is 4.18. The fourth-order valence-electron chi connectivity index (χ4n) is 1.42. The van der Waals surface area contributed by atoms with E-state index in [4.69, 9.17) is 5.11 Å².